The van der Waals surface area contributed by atoms with Crippen molar-refractivity contribution in [1.29, 1.82) is 0 Å². The van der Waals surface area contributed by atoms with Crippen LogP contribution in [-0.4, -0.2) is 31.2 Å². The Morgan fingerprint density at radius 3 is 1.69 bits per heavy atom. The molecule has 0 aliphatic heterocycles. The fourth-order valence-electron chi connectivity index (χ4n) is 1.20. The van der Waals surface area contributed by atoms with Gasteiger partial charge in [-0.1, -0.05) is 11.4 Å². The van der Waals surface area contributed by atoms with Crippen LogP contribution in [0.5, 0.6) is 0 Å². The standard InChI is InChI=1S/C11H26O2Si3/c1-9-14(3,4)12-11-16(7,8)13-15(5,6)10-2/h9-10H,1-2,11H2,3-8H3. The van der Waals surface area contributed by atoms with E-state index in [0.717, 1.165) is 6.23 Å². The summed E-state index contributed by atoms with van der Waals surface area (Å²) in [6.07, 6.45) is 0.752. The normalized spacial score (nSPS) is 13.6. The zero-order valence-electron chi connectivity index (χ0n) is 11.6. The van der Waals surface area contributed by atoms with Crippen LogP contribution in [-0.2, 0) is 8.54 Å². The molecule has 0 amide bonds. The van der Waals surface area contributed by atoms with Crippen LogP contribution in [0.3, 0.4) is 0 Å². The van der Waals surface area contributed by atoms with Gasteiger partial charge in [0.25, 0.3) is 0 Å². The molecule has 0 N–H and O–H groups in total. The maximum atomic E-state index is 6.24. The molecule has 0 bridgehead atoms. The van der Waals surface area contributed by atoms with Gasteiger partial charge < -0.3 is 8.54 Å². The van der Waals surface area contributed by atoms with Crippen molar-refractivity contribution in [1.82, 2.24) is 0 Å². The third-order valence-electron chi connectivity index (χ3n) is 2.31. The third kappa shape index (κ3) is 6.59. The van der Waals surface area contributed by atoms with Crippen LogP contribution in [0.1, 0.15) is 0 Å². The smallest absolute Gasteiger partial charge is 0.210 e. The van der Waals surface area contributed by atoms with Gasteiger partial charge in [0.1, 0.15) is 0 Å². The second-order valence-electron chi connectivity index (χ2n) is 5.77. The van der Waals surface area contributed by atoms with Crippen LogP contribution in [0.15, 0.2) is 24.6 Å². The van der Waals surface area contributed by atoms with Crippen molar-refractivity contribution in [3.63, 3.8) is 0 Å². The second-order valence-corrected chi connectivity index (χ2v) is 17.9. The summed E-state index contributed by atoms with van der Waals surface area (Å²) in [5.41, 5.74) is 3.95. The van der Waals surface area contributed by atoms with Crippen LogP contribution < -0.4 is 0 Å². The first-order chi connectivity index (χ1) is 7.04. The van der Waals surface area contributed by atoms with Crippen LogP contribution in [0, 0.1) is 0 Å². The van der Waals surface area contributed by atoms with Crippen molar-refractivity contribution in [3.05, 3.63) is 24.6 Å². The van der Waals surface area contributed by atoms with Crippen LogP contribution in [0.4, 0.5) is 0 Å². The highest BCUT2D eigenvalue weighted by atomic mass is 28.4. The highest BCUT2D eigenvalue weighted by molar-refractivity contribution is 6.87. The molecule has 0 radical (unpaired) electrons. The summed E-state index contributed by atoms with van der Waals surface area (Å²) in [7, 11) is -5.08. The minimum atomic E-state index is -1.73. The fraction of sp³-hybridized carbons (Fsp3) is 0.636. The van der Waals surface area contributed by atoms with E-state index in [9.17, 15) is 0 Å². The molecular weight excluding hydrogens is 248 g/mol. The van der Waals surface area contributed by atoms with E-state index in [1.54, 1.807) is 0 Å². The maximum absolute atomic E-state index is 6.24. The van der Waals surface area contributed by atoms with Crippen molar-refractivity contribution in [2.75, 3.05) is 6.23 Å². The van der Waals surface area contributed by atoms with E-state index in [2.05, 4.69) is 52.4 Å². The Morgan fingerprint density at radius 2 is 1.31 bits per heavy atom. The van der Waals surface area contributed by atoms with E-state index >= 15 is 0 Å². The highest BCUT2D eigenvalue weighted by Gasteiger charge is 2.33. The average molecular weight is 275 g/mol. The SMILES string of the molecule is C=C[Si](C)(C)OC[Si](C)(C)O[Si](C)(C)C=C. The van der Waals surface area contributed by atoms with Crippen molar-refractivity contribution in [2.45, 2.75) is 39.3 Å². The number of hydrogen-bond donors (Lipinski definition) is 0. The van der Waals surface area contributed by atoms with Gasteiger partial charge in [-0.25, -0.2) is 0 Å². The van der Waals surface area contributed by atoms with Gasteiger partial charge in [0.2, 0.25) is 8.32 Å². The quantitative estimate of drug-likeness (QED) is 0.660. The predicted octanol–water partition coefficient (Wildman–Crippen LogP) is 3.62. The van der Waals surface area contributed by atoms with Gasteiger partial charge in [-0.15, -0.1) is 13.2 Å². The Hall–Kier alpha value is 0.0506. The zero-order chi connectivity index (χ0) is 13.0. The molecule has 0 aromatic carbocycles. The lowest BCUT2D eigenvalue weighted by Crippen LogP contribution is -2.49. The van der Waals surface area contributed by atoms with Gasteiger partial charge in [0.05, 0.1) is 6.23 Å². The largest absolute Gasteiger partial charge is 0.451 e. The molecule has 0 heterocycles. The van der Waals surface area contributed by atoms with Crippen molar-refractivity contribution < 1.29 is 8.54 Å². The molecule has 0 fully saturated rings. The molecule has 0 aromatic heterocycles. The Kier molecular flexibility index (Phi) is 5.61. The zero-order valence-corrected chi connectivity index (χ0v) is 14.6. The number of rotatable bonds is 7. The van der Waals surface area contributed by atoms with E-state index < -0.39 is 25.0 Å². The molecule has 2 nitrogen and oxygen atoms in total. The van der Waals surface area contributed by atoms with Crippen molar-refractivity contribution in [3.8, 4) is 0 Å². The monoisotopic (exact) mass is 274 g/mol. The van der Waals surface area contributed by atoms with Crippen molar-refractivity contribution >= 4 is 25.0 Å². The highest BCUT2D eigenvalue weighted by Crippen LogP contribution is 2.17. The summed E-state index contributed by atoms with van der Waals surface area (Å²) in [4.78, 5) is 0. The molecular formula is C11H26O2Si3. The minimum absolute atomic E-state index is 0.752. The van der Waals surface area contributed by atoms with Gasteiger partial charge >= 0.3 is 0 Å². The topological polar surface area (TPSA) is 18.5 Å². The summed E-state index contributed by atoms with van der Waals surface area (Å²) < 4.78 is 12.2. The minimum Gasteiger partial charge on any atom is -0.451 e. The maximum Gasteiger partial charge on any atom is 0.210 e. The summed E-state index contributed by atoms with van der Waals surface area (Å²) in [6, 6.07) is 0. The summed E-state index contributed by atoms with van der Waals surface area (Å²) in [6.45, 7) is 20.7. The predicted molar refractivity (Wildman–Crippen MR) is 79.9 cm³/mol. The Balaban J connectivity index is 4.36. The Bertz CT molecular complexity index is 260. The molecule has 5 heteroatoms. The lowest BCUT2D eigenvalue weighted by atomic mass is 11.3. The van der Waals surface area contributed by atoms with Gasteiger partial charge in [-0.3, -0.25) is 0 Å². The first-order valence-corrected chi connectivity index (χ1v) is 14.7. The lowest BCUT2D eigenvalue weighted by molar-refractivity contribution is 0.351. The van der Waals surface area contributed by atoms with E-state index in [0.29, 0.717) is 0 Å². The van der Waals surface area contributed by atoms with Crippen LogP contribution in [0.25, 0.3) is 0 Å². The average Bonchev–Trinajstić information content (AvgIpc) is 2.14. The van der Waals surface area contributed by atoms with Gasteiger partial charge in [-0.2, -0.15) is 0 Å². The van der Waals surface area contributed by atoms with E-state index in [-0.39, 0.29) is 0 Å². The van der Waals surface area contributed by atoms with Crippen molar-refractivity contribution in [2.24, 2.45) is 0 Å². The summed E-state index contributed by atoms with van der Waals surface area (Å²) >= 11 is 0. The molecule has 94 valence electrons. The summed E-state index contributed by atoms with van der Waals surface area (Å²) in [5.74, 6) is 0. The molecule has 0 saturated heterocycles. The van der Waals surface area contributed by atoms with E-state index in [4.69, 9.17) is 8.54 Å². The van der Waals surface area contributed by atoms with Crippen LogP contribution in [0.2, 0.25) is 39.3 Å². The molecule has 0 unspecified atom stereocenters. The molecule has 0 rings (SSSR count). The molecule has 0 spiro atoms. The van der Waals surface area contributed by atoms with Gasteiger partial charge in [0.15, 0.2) is 16.6 Å². The molecule has 0 aliphatic carbocycles. The molecule has 0 aromatic rings. The molecule has 0 atom stereocenters. The third-order valence-corrected chi connectivity index (χ3v) is 10.6. The van der Waals surface area contributed by atoms with Gasteiger partial charge in [-0.05, 0) is 39.3 Å². The second kappa shape index (κ2) is 5.59. The van der Waals surface area contributed by atoms with E-state index in [1.807, 2.05) is 11.4 Å². The molecule has 16 heavy (non-hydrogen) atoms. The Morgan fingerprint density at radius 1 is 0.875 bits per heavy atom. The summed E-state index contributed by atoms with van der Waals surface area (Å²) in [5, 5.41) is 0. The fourth-order valence-corrected chi connectivity index (χ4v) is 10.5. The Labute approximate surface area is 104 Å². The van der Waals surface area contributed by atoms with Gasteiger partial charge in [0, 0.05) is 0 Å². The first-order valence-electron chi connectivity index (χ1n) is 5.65. The van der Waals surface area contributed by atoms with E-state index in [1.165, 1.54) is 0 Å². The van der Waals surface area contributed by atoms with Crippen LogP contribution >= 0.6 is 0 Å². The molecule has 0 saturated carbocycles. The number of hydrogen-bond acceptors (Lipinski definition) is 2. The molecule has 0 aliphatic rings. The first kappa shape index (κ1) is 16.1. The lowest BCUT2D eigenvalue weighted by Gasteiger charge is -2.33.